The summed E-state index contributed by atoms with van der Waals surface area (Å²) in [7, 11) is -2.23. The van der Waals surface area contributed by atoms with Crippen molar-refractivity contribution in [2.75, 3.05) is 6.16 Å². The van der Waals surface area contributed by atoms with Gasteiger partial charge in [0.1, 0.15) is 6.16 Å². The molecule has 0 bridgehead atoms. The summed E-state index contributed by atoms with van der Waals surface area (Å²) >= 11 is 0. The molecule has 3 nitrogen and oxygen atoms in total. The van der Waals surface area contributed by atoms with Crippen LogP contribution >= 0.6 is 8.03 Å². The molecule has 0 aliphatic carbocycles. The zero-order valence-corrected chi connectivity index (χ0v) is 5.93. The molecule has 0 heterocycles. The minimum absolute atomic E-state index is 0.219. The van der Waals surface area contributed by atoms with Gasteiger partial charge in [-0.15, -0.1) is 0 Å². The Balaban J connectivity index is 2.94. The van der Waals surface area contributed by atoms with Crippen molar-refractivity contribution in [2.45, 2.75) is 19.3 Å². The van der Waals surface area contributed by atoms with Crippen molar-refractivity contribution < 1.29 is 9.46 Å². The topological polar surface area (TPSA) is 63.9 Å². The van der Waals surface area contributed by atoms with Gasteiger partial charge < -0.3 is 4.89 Å². The lowest BCUT2D eigenvalue weighted by molar-refractivity contribution is -0.164. The normalized spacial score (nSPS) is 10.4. The van der Waals surface area contributed by atoms with E-state index in [9.17, 15) is 9.46 Å². The molecule has 0 radical (unpaired) electrons. The molecular weight excluding hydrogens is 137 g/mol. The molecule has 0 aliphatic heterocycles. The van der Waals surface area contributed by atoms with Gasteiger partial charge in [-0.3, -0.25) is 0 Å². The lowest BCUT2D eigenvalue weighted by Gasteiger charge is -1.86. The first-order valence-electron chi connectivity index (χ1n) is 2.76. The Bertz CT molecular complexity index is 129. The molecule has 0 aromatic rings. The van der Waals surface area contributed by atoms with Crippen LogP contribution in [-0.4, -0.2) is 6.16 Å². The van der Waals surface area contributed by atoms with Gasteiger partial charge >= 0.3 is 8.03 Å². The standard InChI is InChI=1S/C5H8NO2P/c6-4-2-1-3-5-9(7)8/h1-3,5H2. The van der Waals surface area contributed by atoms with Crippen molar-refractivity contribution in [1.29, 1.82) is 5.26 Å². The zero-order chi connectivity index (χ0) is 7.11. The molecule has 0 aromatic carbocycles. The zero-order valence-electron chi connectivity index (χ0n) is 5.04. The molecule has 0 saturated heterocycles. The highest BCUT2D eigenvalue weighted by Crippen LogP contribution is 2.10. The quantitative estimate of drug-likeness (QED) is 0.433. The van der Waals surface area contributed by atoms with Crippen LogP contribution in [0, 0.1) is 11.3 Å². The number of unbranched alkanes of at least 4 members (excludes halogenated alkanes) is 2. The van der Waals surface area contributed by atoms with E-state index >= 15 is 0 Å². The Kier molecular flexibility index (Phi) is 5.40. The number of nitriles is 1. The van der Waals surface area contributed by atoms with Crippen molar-refractivity contribution in [1.82, 2.24) is 0 Å². The Labute approximate surface area is 55.2 Å². The third-order valence-corrected chi connectivity index (χ3v) is 1.56. The monoisotopic (exact) mass is 145 g/mol. The van der Waals surface area contributed by atoms with E-state index in [1.54, 1.807) is 0 Å². The van der Waals surface area contributed by atoms with Crippen molar-refractivity contribution >= 4 is 8.03 Å². The van der Waals surface area contributed by atoms with Crippen LogP contribution in [0.3, 0.4) is 0 Å². The molecule has 1 atom stereocenters. The van der Waals surface area contributed by atoms with E-state index in [1.807, 2.05) is 6.07 Å². The largest absolute Gasteiger partial charge is 0.596 e. The fourth-order valence-electron chi connectivity index (χ4n) is 0.445. The van der Waals surface area contributed by atoms with Crippen LogP contribution in [0.5, 0.6) is 0 Å². The molecule has 50 valence electrons. The maximum Gasteiger partial charge on any atom is 0.308 e. The van der Waals surface area contributed by atoms with E-state index in [0.29, 0.717) is 19.3 Å². The fraction of sp³-hybridized carbons (Fsp3) is 0.800. The Hall–Kier alpha value is -0.450. The van der Waals surface area contributed by atoms with E-state index in [-0.39, 0.29) is 6.16 Å². The first-order valence-corrected chi connectivity index (χ1v) is 4.12. The van der Waals surface area contributed by atoms with Gasteiger partial charge in [-0.2, -0.15) is 5.26 Å². The van der Waals surface area contributed by atoms with E-state index < -0.39 is 8.03 Å². The lowest BCUT2D eigenvalue weighted by atomic mass is 10.3. The fourth-order valence-corrected chi connectivity index (χ4v) is 0.927. The molecule has 0 aliphatic rings. The van der Waals surface area contributed by atoms with Crippen molar-refractivity contribution in [3.63, 3.8) is 0 Å². The van der Waals surface area contributed by atoms with Crippen LogP contribution < -0.4 is 4.89 Å². The lowest BCUT2D eigenvalue weighted by Crippen LogP contribution is -1.90. The molecule has 0 amide bonds. The first kappa shape index (κ1) is 8.55. The third kappa shape index (κ3) is 7.55. The van der Waals surface area contributed by atoms with Crippen LogP contribution in [0.15, 0.2) is 0 Å². The molecule has 1 unspecified atom stereocenters. The van der Waals surface area contributed by atoms with Crippen LogP contribution in [0.4, 0.5) is 0 Å². The number of rotatable bonds is 4. The Morgan fingerprint density at radius 2 is 2.22 bits per heavy atom. The molecule has 0 aromatic heterocycles. The van der Waals surface area contributed by atoms with Gasteiger partial charge in [-0.1, -0.05) is 4.57 Å². The molecule has 0 saturated carbocycles. The van der Waals surface area contributed by atoms with Gasteiger partial charge in [-0.25, -0.2) is 0 Å². The smallest absolute Gasteiger partial charge is 0.308 e. The highest BCUT2D eigenvalue weighted by atomic mass is 31.1. The second kappa shape index (κ2) is 5.68. The average molecular weight is 145 g/mol. The SMILES string of the molecule is N#CCCCC[P+](=O)[O-]. The van der Waals surface area contributed by atoms with Gasteiger partial charge in [0.05, 0.1) is 6.07 Å². The van der Waals surface area contributed by atoms with Crippen LogP contribution in [0.1, 0.15) is 19.3 Å². The minimum Gasteiger partial charge on any atom is -0.596 e. The van der Waals surface area contributed by atoms with Crippen molar-refractivity contribution in [3.8, 4) is 6.07 Å². The second-order valence-corrected chi connectivity index (χ2v) is 2.78. The molecule has 4 heteroatoms. The minimum atomic E-state index is -2.23. The maximum atomic E-state index is 9.92. The third-order valence-electron chi connectivity index (χ3n) is 0.879. The van der Waals surface area contributed by atoms with Gasteiger partial charge in [0.15, 0.2) is 0 Å². The number of nitrogens with zero attached hydrogens (tertiary/aromatic N) is 1. The molecule has 0 fully saturated rings. The van der Waals surface area contributed by atoms with E-state index in [1.165, 1.54) is 0 Å². The van der Waals surface area contributed by atoms with E-state index in [0.717, 1.165) is 0 Å². The van der Waals surface area contributed by atoms with Gasteiger partial charge in [0.2, 0.25) is 0 Å². The summed E-state index contributed by atoms with van der Waals surface area (Å²) in [6, 6.07) is 1.94. The summed E-state index contributed by atoms with van der Waals surface area (Å²) in [4.78, 5) is 9.92. The summed E-state index contributed by atoms with van der Waals surface area (Å²) < 4.78 is 9.92. The summed E-state index contributed by atoms with van der Waals surface area (Å²) in [5.74, 6) is 0. The predicted octanol–water partition coefficient (Wildman–Crippen LogP) is 0.783. The Morgan fingerprint density at radius 3 is 2.67 bits per heavy atom. The maximum absolute atomic E-state index is 9.92. The van der Waals surface area contributed by atoms with Crippen molar-refractivity contribution in [3.05, 3.63) is 0 Å². The molecule has 0 rings (SSSR count). The van der Waals surface area contributed by atoms with Crippen LogP contribution in [0.2, 0.25) is 0 Å². The summed E-state index contributed by atoms with van der Waals surface area (Å²) in [6.07, 6.45) is 1.99. The van der Waals surface area contributed by atoms with Gasteiger partial charge in [0, 0.05) is 6.42 Å². The van der Waals surface area contributed by atoms with Gasteiger partial charge in [-0.05, 0) is 12.8 Å². The second-order valence-electron chi connectivity index (χ2n) is 1.67. The average Bonchev–Trinajstić information content (AvgIpc) is 1.80. The molecule has 9 heavy (non-hydrogen) atoms. The van der Waals surface area contributed by atoms with Crippen molar-refractivity contribution in [2.24, 2.45) is 0 Å². The van der Waals surface area contributed by atoms with Gasteiger partial charge in [0.25, 0.3) is 0 Å². The molecular formula is C5H8NO2P. The Morgan fingerprint density at radius 1 is 1.56 bits per heavy atom. The molecule has 0 N–H and O–H groups in total. The first-order chi connectivity index (χ1) is 4.27. The number of hydrogen-bond acceptors (Lipinski definition) is 3. The van der Waals surface area contributed by atoms with Crippen LogP contribution in [0.25, 0.3) is 0 Å². The summed E-state index contributed by atoms with van der Waals surface area (Å²) in [6.45, 7) is 0. The predicted molar refractivity (Wildman–Crippen MR) is 31.9 cm³/mol. The molecule has 0 spiro atoms. The number of hydrogen-bond donors (Lipinski definition) is 0. The highest BCUT2D eigenvalue weighted by molar-refractivity contribution is 7.36. The van der Waals surface area contributed by atoms with Crippen LogP contribution in [-0.2, 0) is 4.57 Å². The summed E-state index contributed by atoms with van der Waals surface area (Å²) in [5, 5.41) is 8.03. The van der Waals surface area contributed by atoms with E-state index in [2.05, 4.69) is 0 Å². The van der Waals surface area contributed by atoms with E-state index in [4.69, 9.17) is 5.26 Å². The summed E-state index contributed by atoms with van der Waals surface area (Å²) in [5.41, 5.74) is 0. The highest BCUT2D eigenvalue weighted by Gasteiger charge is 1.97.